The van der Waals surface area contributed by atoms with E-state index < -0.39 is 0 Å². The maximum absolute atomic E-state index is 13.0. The summed E-state index contributed by atoms with van der Waals surface area (Å²) in [6, 6.07) is 13.7. The molecular formula is C22H22N4O2S. The van der Waals surface area contributed by atoms with E-state index >= 15 is 0 Å². The second kappa shape index (κ2) is 8.13. The summed E-state index contributed by atoms with van der Waals surface area (Å²) in [7, 11) is 0. The van der Waals surface area contributed by atoms with E-state index in [-0.39, 0.29) is 17.7 Å². The Morgan fingerprint density at radius 3 is 2.62 bits per heavy atom. The molecule has 1 fully saturated rings. The van der Waals surface area contributed by atoms with Crippen molar-refractivity contribution in [1.82, 2.24) is 20.2 Å². The zero-order valence-electron chi connectivity index (χ0n) is 16.4. The number of hydrogen-bond donors (Lipinski definition) is 1. The SMILES string of the molecule is Cc1nc(C(=O)N2CC(C(=O)NCc3ncccc3C)C2)c(-c2ccccc2)s1. The molecule has 2 amide bonds. The van der Waals surface area contributed by atoms with Crippen LogP contribution in [0.2, 0.25) is 0 Å². The molecule has 0 bridgehead atoms. The molecule has 1 aromatic carbocycles. The van der Waals surface area contributed by atoms with Crippen molar-refractivity contribution in [3.63, 3.8) is 0 Å². The van der Waals surface area contributed by atoms with Crippen LogP contribution in [0.25, 0.3) is 10.4 Å². The van der Waals surface area contributed by atoms with E-state index in [1.165, 1.54) is 11.3 Å². The van der Waals surface area contributed by atoms with Crippen LogP contribution < -0.4 is 5.32 Å². The molecule has 0 atom stereocenters. The largest absolute Gasteiger partial charge is 0.350 e. The first-order valence-electron chi connectivity index (χ1n) is 9.53. The van der Waals surface area contributed by atoms with Crippen LogP contribution in [0.5, 0.6) is 0 Å². The van der Waals surface area contributed by atoms with Crippen molar-refractivity contribution in [2.45, 2.75) is 20.4 Å². The van der Waals surface area contributed by atoms with Gasteiger partial charge in [0.15, 0.2) is 0 Å². The van der Waals surface area contributed by atoms with Crippen LogP contribution in [0.4, 0.5) is 0 Å². The van der Waals surface area contributed by atoms with Crippen LogP contribution in [0.15, 0.2) is 48.7 Å². The van der Waals surface area contributed by atoms with E-state index in [1.54, 1.807) is 11.1 Å². The van der Waals surface area contributed by atoms with E-state index in [2.05, 4.69) is 15.3 Å². The van der Waals surface area contributed by atoms with E-state index in [0.717, 1.165) is 26.7 Å². The number of carbonyl (C=O) groups excluding carboxylic acids is 2. The first kappa shape index (κ1) is 19.3. The predicted octanol–water partition coefficient (Wildman–Crippen LogP) is 3.21. The van der Waals surface area contributed by atoms with Crippen LogP contribution in [-0.4, -0.2) is 39.8 Å². The molecular weight excluding hydrogens is 384 g/mol. The Hall–Kier alpha value is -3.06. The third kappa shape index (κ3) is 4.05. The van der Waals surface area contributed by atoms with Crippen LogP contribution in [0.1, 0.15) is 26.8 Å². The number of benzene rings is 1. The third-order valence-electron chi connectivity index (χ3n) is 5.06. The molecule has 4 rings (SSSR count). The summed E-state index contributed by atoms with van der Waals surface area (Å²) in [5.74, 6) is -0.349. The zero-order chi connectivity index (χ0) is 20.4. The normalized spacial score (nSPS) is 13.8. The molecule has 148 valence electrons. The van der Waals surface area contributed by atoms with Gasteiger partial charge in [-0.1, -0.05) is 36.4 Å². The van der Waals surface area contributed by atoms with E-state index in [9.17, 15) is 9.59 Å². The third-order valence-corrected chi connectivity index (χ3v) is 6.08. The van der Waals surface area contributed by atoms with Crippen molar-refractivity contribution in [2.75, 3.05) is 13.1 Å². The van der Waals surface area contributed by atoms with Crippen LogP contribution >= 0.6 is 11.3 Å². The lowest BCUT2D eigenvalue weighted by atomic mass is 9.98. The average molecular weight is 407 g/mol. The Kier molecular flexibility index (Phi) is 5.40. The first-order valence-corrected chi connectivity index (χ1v) is 10.3. The van der Waals surface area contributed by atoms with Crippen LogP contribution in [0.3, 0.4) is 0 Å². The maximum Gasteiger partial charge on any atom is 0.274 e. The second-order valence-electron chi connectivity index (χ2n) is 7.17. The van der Waals surface area contributed by atoms with Crippen LogP contribution in [-0.2, 0) is 11.3 Å². The van der Waals surface area contributed by atoms with Gasteiger partial charge in [-0.05, 0) is 31.0 Å². The average Bonchev–Trinajstić information content (AvgIpc) is 3.08. The fourth-order valence-electron chi connectivity index (χ4n) is 3.34. The highest BCUT2D eigenvalue weighted by molar-refractivity contribution is 7.15. The van der Waals surface area contributed by atoms with Gasteiger partial charge in [-0.2, -0.15) is 0 Å². The van der Waals surface area contributed by atoms with E-state index in [0.29, 0.717) is 25.3 Å². The molecule has 2 aromatic heterocycles. The number of thiazole rings is 1. The van der Waals surface area contributed by atoms with Gasteiger partial charge in [0.25, 0.3) is 5.91 Å². The fraction of sp³-hybridized carbons (Fsp3) is 0.273. The summed E-state index contributed by atoms with van der Waals surface area (Å²) in [6.45, 7) is 5.10. The number of rotatable bonds is 5. The number of amides is 2. The lowest BCUT2D eigenvalue weighted by Crippen LogP contribution is -2.55. The van der Waals surface area contributed by atoms with Gasteiger partial charge < -0.3 is 10.2 Å². The van der Waals surface area contributed by atoms with Crippen molar-refractivity contribution in [3.8, 4) is 10.4 Å². The number of likely N-dealkylation sites (tertiary alicyclic amines) is 1. The molecule has 3 aromatic rings. The van der Waals surface area contributed by atoms with Gasteiger partial charge in [-0.15, -0.1) is 11.3 Å². The molecule has 0 unspecified atom stereocenters. The van der Waals surface area contributed by atoms with Crippen molar-refractivity contribution < 1.29 is 9.59 Å². The monoisotopic (exact) mass is 406 g/mol. The lowest BCUT2D eigenvalue weighted by molar-refractivity contribution is -0.129. The number of pyridine rings is 1. The van der Waals surface area contributed by atoms with Gasteiger partial charge in [-0.25, -0.2) is 4.98 Å². The van der Waals surface area contributed by atoms with Gasteiger partial charge in [0.05, 0.1) is 28.0 Å². The molecule has 6 nitrogen and oxygen atoms in total. The van der Waals surface area contributed by atoms with Crippen molar-refractivity contribution in [1.29, 1.82) is 0 Å². The zero-order valence-corrected chi connectivity index (χ0v) is 17.2. The van der Waals surface area contributed by atoms with Crippen molar-refractivity contribution in [3.05, 3.63) is 70.6 Å². The number of aromatic nitrogens is 2. The molecule has 3 heterocycles. The molecule has 1 saturated heterocycles. The topological polar surface area (TPSA) is 75.2 Å². The Labute approximate surface area is 173 Å². The lowest BCUT2D eigenvalue weighted by Gasteiger charge is -2.38. The number of nitrogens with one attached hydrogen (secondary N) is 1. The summed E-state index contributed by atoms with van der Waals surface area (Å²) in [5, 5.41) is 3.78. The minimum atomic E-state index is -0.192. The quantitative estimate of drug-likeness (QED) is 0.706. The van der Waals surface area contributed by atoms with Crippen LogP contribution in [0, 0.1) is 19.8 Å². The molecule has 1 aliphatic rings. The number of aryl methyl sites for hydroxylation is 2. The molecule has 0 radical (unpaired) electrons. The van der Waals surface area contributed by atoms with Gasteiger partial charge >= 0.3 is 0 Å². The highest BCUT2D eigenvalue weighted by atomic mass is 32.1. The van der Waals surface area contributed by atoms with Gasteiger partial charge in [0, 0.05) is 19.3 Å². The summed E-state index contributed by atoms with van der Waals surface area (Å²) in [5.41, 5.74) is 3.37. The van der Waals surface area contributed by atoms with Crippen molar-refractivity contribution in [2.24, 2.45) is 5.92 Å². The fourth-order valence-corrected chi connectivity index (χ4v) is 4.25. The van der Waals surface area contributed by atoms with Gasteiger partial charge in [0.1, 0.15) is 5.69 Å². The molecule has 0 saturated carbocycles. The molecule has 0 spiro atoms. The minimum absolute atomic E-state index is 0.0446. The standard InChI is InChI=1S/C22H22N4O2S/c1-14-7-6-10-23-18(14)11-24-21(27)17-12-26(13-17)22(28)19-20(29-15(2)25-19)16-8-4-3-5-9-16/h3-10,17H,11-13H2,1-2H3,(H,24,27). The Morgan fingerprint density at radius 2 is 1.90 bits per heavy atom. The van der Waals surface area contributed by atoms with Gasteiger partial charge in [-0.3, -0.25) is 14.6 Å². The van der Waals surface area contributed by atoms with E-state index in [4.69, 9.17) is 0 Å². The second-order valence-corrected chi connectivity index (χ2v) is 8.37. The van der Waals surface area contributed by atoms with Crippen molar-refractivity contribution >= 4 is 23.2 Å². The summed E-state index contributed by atoms with van der Waals surface area (Å²) < 4.78 is 0. The molecule has 7 heteroatoms. The predicted molar refractivity (Wildman–Crippen MR) is 113 cm³/mol. The van der Waals surface area contributed by atoms with Gasteiger partial charge in [0.2, 0.25) is 5.91 Å². The minimum Gasteiger partial charge on any atom is -0.350 e. The summed E-state index contributed by atoms with van der Waals surface area (Å²) in [4.78, 5) is 36.7. The smallest absolute Gasteiger partial charge is 0.274 e. The number of nitrogens with zero attached hydrogens (tertiary/aromatic N) is 3. The molecule has 1 aliphatic heterocycles. The Balaban J connectivity index is 1.37. The highest BCUT2D eigenvalue weighted by Crippen LogP contribution is 2.32. The summed E-state index contributed by atoms with van der Waals surface area (Å²) >= 11 is 1.52. The first-order chi connectivity index (χ1) is 14.0. The molecule has 29 heavy (non-hydrogen) atoms. The summed E-state index contributed by atoms with van der Waals surface area (Å²) in [6.07, 6.45) is 1.72. The maximum atomic E-state index is 13.0. The molecule has 1 N–H and O–H groups in total. The van der Waals surface area contributed by atoms with E-state index in [1.807, 2.05) is 56.3 Å². The Bertz CT molecular complexity index is 1040. The Morgan fingerprint density at radius 1 is 1.14 bits per heavy atom. The highest BCUT2D eigenvalue weighted by Gasteiger charge is 2.37. The number of carbonyl (C=O) groups is 2. The number of hydrogen-bond acceptors (Lipinski definition) is 5. The molecule has 0 aliphatic carbocycles.